The summed E-state index contributed by atoms with van der Waals surface area (Å²) in [6.45, 7) is 18.3. The van der Waals surface area contributed by atoms with Gasteiger partial charge in [-0.2, -0.15) is 0 Å². The van der Waals surface area contributed by atoms with Gasteiger partial charge in [0.05, 0.1) is 0 Å². The van der Waals surface area contributed by atoms with Gasteiger partial charge < -0.3 is 43.1 Å². The fourth-order valence-corrected chi connectivity index (χ4v) is 10.7. The minimum atomic E-state index is -4.42. The second-order valence-corrected chi connectivity index (χ2v) is 18.9. The zero-order valence-electron chi connectivity index (χ0n) is 33.3. The molecule has 6 atom stereocenters. The summed E-state index contributed by atoms with van der Waals surface area (Å²) >= 11 is 0. The van der Waals surface area contributed by atoms with Gasteiger partial charge in [-0.05, 0) is 73.3 Å². The van der Waals surface area contributed by atoms with Gasteiger partial charge in [-0.3, -0.25) is 0 Å². The van der Waals surface area contributed by atoms with Crippen molar-refractivity contribution in [1.29, 1.82) is 0 Å². The Morgan fingerprint density at radius 1 is 0.340 bits per heavy atom. The molecule has 6 unspecified atom stereocenters. The Morgan fingerprint density at radius 3 is 0.620 bits per heavy atom. The molecule has 0 aliphatic heterocycles. The maximum absolute atomic E-state index is 11.3. The van der Waals surface area contributed by atoms with Crippen molar-refractivity contribution in [1.82, 2.24) is 0 Å². The molecule has 0 aromatic heterocycles. The molecular weight excluding hydrogens is 958 g/mol. The first-order chi connectivity index (χ1) is 22.4. The number of hydrogen-bond donors (Lipinski definition) is 0. The maximum atomic E-state index is 11.3. The normalized spacial score (nSPS) is 15.4. The fourth-order valence-electron chi connectivity index (χ4n) is 6.60. The van der Waals surface area contributed by atoms with Crippen LogP contribution in [0.15, 0.2) is 0 Å². The summed E-state index contributed by atoms with van der Waals surface area (Å²) in [5.74, 6) is 0.187. The Balaban J connectivity index is -0.000000199. The predicted molar refractivity (Wildman–Crippen MR) is 193 cm³/mol. The summed E-state index contributed by atoms with van der Waals surface area (Å²) in [5.41, 5.74) is -1.91. The molecule has 0 bridgehead atoms. The Labute approximate surface area is 375 Å². The summed E-state index contributed by atoms with van der Waals surface area (Å²) in [6, 6.07) is 0. The zero-order chi connectivity index (χ0) is 37.8. The minimum Gasteiger partial charge on any atom is -0.811 e. The molecular formula is C36H75Nd2O9P3. The molecule has 0 amide bonds. The van der Waals surface area contributed by atoms with Crippen LogP contribution in [0.5, 0.6) is 0 Å². The molecule has 0 saturated carbocycles. The third-order valence-corrected chi connectivity index (χ3v) is 14.2. The third-order valence-electron chi connectivity index (χ3n) is 9.77. The Bertz CT molecular complexity index is 758. The van der Waals surface area contributed by atoms with E-state index < -0.39 is 39.8 Å². The van der Waals surface area contributed by atoms with Gasteiger partial charge in [-0.15, -0.1) is 0 Å². The zero-order valence-corrected chi connectivity index (χ0v) is 42.4. The molecule has 50 heavy (non-hydrogen) atoms. The average molecular weight is 1030 g/mol. The van der Waals surface area contributed by atoms with Crippen LogP contribution in [-0.4, -0.2) is 17.0 Å². The van der Waals surface area contributed by atoms with Crippen LogP contribution in [0.2, 0.25) is 0 Å². The van der Waals surface area contributed by atoms with Crippen molar-refractivity contribution in [3.8, 4) is 0 Å². The molecule has 0 aliphatic carbocycles. The van der Waals surface area contributed by atoms with E-state index in [1.165, 1.54) is 0 Å². The molecule has 0 rings (SSSR count). The molecule has 0 N–H and O–H groups in total. The molecule has 296 valence electrons. The van der Waals surface area contributed by atoms with Gasteiger partial charge in [-0.25, -0.2) is 0 Å². The van der Waals surface area contributed by atoms with Crippen molar-refractivity contribution in [2.45, 2.75) is 214 Å². The second-order valence-electron chi connectivity index (χ2n) is 13.7. The van der Waals surface area contributed by atoms with E-state index in [9.17, 15) is 43.1 Å². The van der Waals surface area contributed by atoms with Gasteiger partial charge in [0.2, 0.25) is 0 Å². The van der Waals surface area contributed by atoms with Gasteiger partial charge in [0.25, 0.3) is 0 Å². The quantitative estimate of drug-likeness (QED) is 0.0734. The number of unbranched alkanes of at least 4 members (excludes halogenated alkanes) is 6. The molecule has 0 saturated heterocycles. The molecule has 14 heteroatoms. The Morgan fingerprint density at radius 2 is 0.500 bits per heavy atom. The van der Waals surface area contributed by atoms with Gasteiger partial charge in [0, 0.05) is 0 Å². The van der Waals surface area contributed by atoms with Gasteiger partial charge in [-0.1, -0.05) is 181 Å². The minimum absolute atomic E-state index is 0. The van der Waals surface area contributed by atoms with Crippen LogP contribution in [0, 0.1) is 99.4 Å². The number of rotatable bonds is 27. The van der Waals surface area contributed by atoms with E-state index >= 15 is 0 Å². The molecule has 0 aliphatic rings. The van der Waals surface area contributed by atoms with Crippen molar-refractivity contribution >= 4 is 22.8 Å². The van der Waals surface area contributed by atoms with Crippen molar-refractivity contribution in [3.05, 3.63) is 0 Å². The van der Waals surface area contributed by atoms with Crippen LogP contribution in [0.25, 0.3) is 0 Å². The first kappa shape index (κ1) is 62.3. The van der Waals surface area contributed by atoms with Crippen LogP contribution in [-0.2, 0) is 13.7 Å². The third kappa shape index (κ3) is 32.3. The summed E-state index contributed by atoms with van der Waals surface area (Å²) in [4.78, 5) is 67.6. The van der Waals surface area contributed by atoms with E-state index in [4.69, 9.17) is 0 Å². The topological polar surface area (TPSA) is 190 Å². The molecule has 0 fully saturated rings. The van der Waals surface area contributed by atoms with E-state index in [0.29, 0.717) is 19.3 Å². The first-order valence-electron chi connectivity index (χ1n) is 19.5. The summed E-state index contributed by atoms with van der Waals surface area (Å²) in [6.07, 6.45) is 18.2. The molecule has 0 aromatic rings. The molecule has 0 spiro atoms. The SMILES string of the molecule is CCCCC(CC)C(CCCC)P(=O)([O-])[O-].CCCCC(CC)C(CCCC)P(=O)([O-])[O-].CCCCC(CC)C(CCCC)P(=O)([O-])[O-].[Nd+3].[Nd+3]. The molecule has 0 heterocycles. The maximum Gasteiger partial charge on any atom is 3.00 e. The van der Waals surface area contributed by atoms with E-state index in [-0.39, 0.29) is 99.4 Å². The van der Waals surface area contributed by atoms with Gasteiger partial charge in [0.1, 0.15) is 0 Å². The molecule has 2 radical (unpaired) electrons. The van der Waals surface area contributed by atoms with Crippen molar-refractivity contribution in [2.75, 3.05) is 0 Å². The van der Waals surface area contributed by atoms with Crippen LogP contribution >= 0.6 is 22.8 Å². The standard InChI is InChI=1S/3C12H27O3P.2Nd/c3*1-4-7-9-11(6-3)12(10-8-5-2)16(13,14)15;;/h3*11-12H,4-10H2,1-3H3,(H2,13,14,15);;/q;;;2*+3/p-6. The van der Waals surface area contributed by atoms with E-state index in [0.717, 1.165) is 116 Å². The summed E-state index contributed by atoms with van der Waals surface area (Å²) < 4.78 is 33.8. The van der Waals surface area contributed by atoms with Gasteiger partial charge in [0.15, 0.2) is 0 Å². The molecule has 0 aromatic carbocycles. The van der Waals surface area contributed by atoms with E-state index in [1.807, 2.05) is 41.5 Å². The fraction of sp³-hybridized carbons (Fsp3) is 1.00. The van der Waals surface area contributed by atoms with E-state index in [1.54, 1.807) is 0 Å². The Hall–Kier alpha value is 3.15. The van der Waals surface area contributed by atoms with Crippen LogP contribution in [0.3, 0.4) is 0 Å². The summed E-state index contributed by atoms with van der Waals surface area (Å²) in [5, 5.41) is 0. The summed E-state index contributed by atoms with van der Waals surface area (Å²) in [7, 11) is -13.3. The van der Waals surface area contributed by atoms with Crippen molar-refractivity contribution in [3.63, 3.8) is 0 Å². The largest absolute Gasteiger partial charge is 3.00 e. The van der Waals surface area contributed by atoms with Crippen molar-refractivity contribution in [2.24, 2.45) is 17.8 Å². The van der Waals surface area contributed by atoms with Crippen molar-refractivity contribution < 1.29 is 125 Å². The predicted octanol–water partition coefficient (Wildman–Crippen LogP) is 8.03. The van der Waals surface area contributed by atoms with Crippen LogP contribution in [0.1, 0.15) is 197 Å². The van der Waals surface area contributed by atoms with Crippen LogP contribution in [0.4, 0.5) is 0 Å². The number of hydrogen-bond acceptors (Lipinski definition) is 9. The van der Waals surface area contributed by atoms with E-state index in [2.05, 4.69) is 20.8 Å². The molecule has 9 nitrogen and oxygen atoms in total. The van der Waals surface area contributed by atoms with Crippen LogP contribution < -0.4 is 29.4 Å². The second kappa shape index (κ2) is 37.7. The average Bonchev–Trinajstić information content (AvgIpc) is 3.00. The monoisotopic (exact) mass is 1030 g/mol. The first-order valence-corrected chi connectivity index (χ1v) is 24.3. The smallest absolute Gasteiger partial charge is 0.811 e. The Kier molecular flexibility index (Phi) is 47.0. The van der Waals surface area contributed by atoms with Gasteiger partial charge >= 0.3 is 81.7 Å².